The number of ether oxygens (including phenoxy) is 2. The van der Waals surface area contributed by atoms with Crippen molar-refractivity contribution < 1.29 is 57.4 Å². The van der Waals surface area contributed by atoms with Crippen LogP contribution in [0.15, 0.2) is 60.8 Å². The van der Waals surface area contributed by atoms with Gasteiger partial charge in [0.2, 0.25) is 0 Å². The fourth-order valence-electron chi connectivity index (χ4n) is 6.17. The predicted molar refractivity (Wildman–Crippen MR) is 226 cm³/mol. The Morgan fingerprint density at radius 2 is 1.42 bits per heavy atom. The van der Waals surface area contributed by atoms with Crippen LogP contribution in [-0.2, 0) is 32.7 Å². The van der Waals surface area contributed by atoms with Crippen LogP contribution >= 0.6 is 7.82 Å². The van der Waals surface area contributed by atoms with Crippen LogP contribution < -0.4 is 0 Å². The van der Waals surface area contributed by atoms with Crippen LogP contribution in [0, 0.1) is 11.8 Å². The van der Waals surface area contributed by atoms with Gasteiger partial charge in [-0.05, 0) is 63.7 Å². The Balaban J connectivity index is 2.62. The molecule has 13 heteroatoms. The van der Waals surface area contributed by atoms with E-state index >= 15 is 0 Å². The first-order valence-corrected chi connectivity index (χ1v) is 22.8. The molecule has 0 radical (unpaired) electrons. The second kappa shape index (κ2) is 31.5. The number of quaternary nitrogens is 1. The Kier molecular flexibility index (Phi) is 29.1. The van der Waals surface area contributed by atoms with E-state index in [0.717, 1.165) is 51.4 Å². The van der Waals surface area contributed by atoms with Crippen LogP contribution in [0.5, 0.6) is 0 Å². The number of likely N-dealkylation sites (N-methyl/N-ethyl adjacent to an activating group) is 1. The second-order valence-corrected chi connectivity index (χ2v) is 17.5. The average molecular weight is 827 g/mol. The number of carbonyl (C=O) groups is 2. The molecular formula is C44H77NO11P+. The van der Waals surface area contributed by atoms with E-state index in [0.29, 0.717) is 30.3 Å². The van der Waals surface area contributed by atoms with Crippen molar-refractivity contribution in [1.82, 2.24) is 0 Å². The molecule has 1 fully saturated rings. The maximum absolute atomic E-state index is 12.8. The molecule has 0 aromatic heterocycles. The van der Waals surface area contributed by atoms with E-state index in [1.54, 1.807) is 24.3 Å². The van der Waals surface area contributed by atoms with Gasteiger partial charge in [-0.1, -0.05) is 107 Å². The van der Waals surface area contributed by atoms with Gasteiger partial charge in [-0.3, -0.25) is 18.6 Å². The summed E-state index contributed by atoms with van der Waals surface area (Å²) in [5.41, 5.74) is 0. The van der Waals surface area contributed by atoms with Gasteiger partial charge in [0.1, 0.15) is 19.8 Å². The van der Waals surface area contributed by atoms with Crippen LogP contribution in [0.1, 0.15) is 123 Å². The summed E-state index contributed by atoms with van der Waals surface area (Å²) < 4.78 is 34.1. The molecule has 0 heterocycles. The van der Waals surface area contributed by atoms with Gasteiger partial charge in [-0.2, -0.15) is 0 Å². The minimum absolute atomic E-state index is 0.0346. The SMILES string of the molecule is CCCCC/C=C\C/C=C\C/C=C\CCCCC(=O)OC[C@H](COP(=O)(O)OCC[N+](C)(C)C)OC(=O)C/C=C\C[C@H]1[C@@H](/C=C/[C@H](O)CCCCC)[C@H](O)C[C@@H]1O. The summed E-state index contributed by atoms with van der Waals surface area (Å²) in [5.74, 6) is -1.79. The molecule has 12 nitrogen and oxygen atoms in total. The monoisotopic (exact) mass is 827 g/mol. The van der Waals surface area contributed by atoms with Crippen molar-refractivity contribution in [3.8, 4) is 0 Å². The topological polar surface area (TPSA) is 169 Å². The summed E-state index contributed by atoms with van der Waals surface area (Å²) in [5, 5.41) is 31.4. The number of nitrogens with zero attached hydrogens (tertiary/aromatic N) is 1. The quantitative estimate of drug-likeness (QED) is 0.0166. The number of hydrogen-bond donors (Lipinski definition) is 4. The highest BCUT2D eigenvalue weighted by Crippen LogP contribution is 2.43. The van der Waals surface area contributed by atoms with E-state index in [-0.39, 0.29) is 44.3 Å². The molecule has 0 amide bonds. The highest BCUT2D eigenvalue weighted by molar-refractivity contribution is 7.47. The molecule has 0 bridgehead atoms. The number of carbonyl (C=O) groups excluding carboxylic acids is 2. The van der Waals surface area contributed by atoms with Crippen LogP contribution in [0.25, 0.3) is 0 Å². The zero-order valence-corrected chi connectivity index (χ0v) is 36.5. The minimum atomic E-state index is -4.48. The smallest absolute Gasteiger partial charge is 0.462 e. The Labute approximate surface area is 343 Å². The molecule has 1 aliphatic rings. The molecule has 1 unspecified atom stereocenters. The van der Waals surface area contributed by atoms with Gasteiger partial charge in [0, 0.05) is 18.8 Å². The molecular weight excluding hydrogens is 749 g/mol. The first kappa shape index (κ1) is 52.6. The molecule has 1 aliphatic carbocycles. The van der Waals surface area contributed by atoms with Gasteiger partial charge in [-0.25, -0.2) is 4.57 Å². The summed E-state index contributed by atoms with van der Waals surface area (Å²) in [6, 6.07) is 0. The molecule has 57 heavy (non-hydrogen) atoms. The molecule has 0 saturated heterocycles. The first-order chi connectivity index (χ1) is 27.2. The lowest BCUT2D eigenvalue weighted by Gasteiger charge is -2.24. The molecule has 4 N–H and O–H groups in total. The molecule has 0 aromatic rings. The number of aliphatic hydroxyl groups excluding tert-OH is 3. The summed E-state index contributed by atoms with van der Waals surface area (Å²) in [4.78, 5) is 35.5. The summed E-state index contributed by atoms with van der Waals surface area (Å²) in [6.45, 7) is 3.83. The standard InChI is InChI=1S/C44H76NO11P/c1-6-8-10-11-12-13-14-15-16-17-18-19-20-21-23-28-43(49)53-35-38(36-55-57(51,52)54-33-32-45(3,4)5)56-44(50)29-25-24-27-39-40(42(48)34-41(39)47)31-30-37(46)26-22-9-7-2/h12-13,15-16,18-19,24-25,30-31,37-42,46-48H,6-11,14,17,20-23,26-29,32-36H2,1-5H3/p+1/b13-12-,16-15-,19-18-,25-24-,31-30+/t37-,38-,39+,40-,41+,42-/m1/s1. The lowest BCUT2D eigenvalue weighted by Crippen LogP contribution is -2.37. The van der Waals surface area contributed by atoms with Crippen molar-refractivity contribution >= 4 is 19.8 Å². The third kappa shape index (κ3) is 28.6. The van der Waals surface area contributed by atoms with Crippen molar-refractivity contribution in [3.05, 3.63) is 60.8 Å². The van der Waals surface area contributed by atoms with Crippen LogP contribution in [-0.4, -0.2) is 109 Å². The summed E-state index contributed by atoms with van der Waals surface area (Å²) in [6.07, 6.45) is 29.8. The summed E-state index contributed by atoms with van der Waals surface area (Å²) in [7, 11) is 1.25. The van der Waals surface area contributed by atoms with E-state index in [4.69, 9.17) is 18.5 Å². The molecule has 0 spiro atoms. The number of unbranched alkanes of at least 4 members (excludes halogenated alkanes) is 7. The fraction of sp³-hybridized carbons (Fsp3) is 0.727. The highest BCUT2D eigenvalue weighted by atomic mass is 31.2. The molecule has 0 aliphatic heterocycles. The van der Waals surface area contributed by atoms with Crippen LogP contribution in [0.3, 0.4) is 0 Å². The van der Waals surface area contributed by atoms with Gasteiger partial charge in [0.25, 0.3) is 0 Å². The maximum Gasteiger partial charge on any atom is 0.472 e. The number of allylic oxidation sites excluding steroid dienone is 7. The van der Waals surface area contributed by atoms with Crippen molar-refractivity contribution in [1.29, 1.82) is 0 Å². The fourth-order valence-corrected chi connectivity index (χ4v) is 6.91. The lowest BCUT2D eigenvalue weighted by atomic mass is 9.89. The maximum atomic E-state index is 12.8. The molecule has 1 saturated carbocycles. The van der Waals surface area contributed by atoms with E-state index in [2.05, 4.69) is 50.3 Å². The van der Waals surface area contributed by atoms with Gasteiger partial charge in [-0.15, -0.1) is 0 Å². The van der Waals surface area contributed by atoms with E-state index in [1.807, 2.05) is 21.1 Å². The molecule has 0 aromatic carbocycles. The first-order valence-electron chi connectivity index (χ1n) is 21.3. The van der Waals surface area contributed by atoms with Gasteiger partial charge in [0.15, 0.2) is 6.10 Å². The predicted octanol–water partition coefficient (Wildman–Crippen LogP) is 8.06. The average Bonchev–Trinajstić information content (AvgIpc) is 3.42. The lowest BCUT2D eigenvalue weighted by molar-refractivity contribution is -0.870. The Morgan fingerprint density at radius 1 is 0.789 bits per heavy atom. The Morgan fingerprint density at radius 3 is 2.07 bits per heavy atom. The molecule has 1 rings (SSSR count). The molecule has 328 valence electrons. The number of aliphatic hydroxyl groups is 3. The highest BCUT2D eigenvalue weighted by Gasteiger charge is 2.39. The zero-order chi connectivity index (χ0) is 42.4. The molecule has 7 atom stereocenters. The zero-order valence-electron chi connectivity index (χ0n) is 35.6. The summed E-state index contributed by atoms with van der Waals surface area (Å²) >= 11 is 0. The normalized spacial score (nSPS) is 21.4. The van der Waals surface area contributed by atoms with Crippen molar-refractivity contribution in [2.24, 2.45) is 11.8 Å². The number of rotatable bonds is 33. The number of esters is 2. The van der Waals surface area contributed by atoms with E-state index < -0.39 is 50.8 Å². The van der Waals surface area contributed by atoms with Gasteiger partial charge < -0.3 is 34.2 Å². The Bertz CT molecular complexity index is 1280. The van der Waals surface area contributed by atoms with Crippen molar-refractivity contribution in [2.45, 2.75) is 147 Å². The number of hydrogen-bond acceptors (Lipinski definition) is 10. The number of phosphoric acid groups is 1. The van der Waals surface area contributed by atoms with Crippen LogP contribution in [0.4, 0.5) is 0 Å². The van der Waals surface area contributed by atoms with Crippen LogP contribution in [0.2, 0.25) is 0 Å². The van der Waals surface area contributed by atoms with Crippen molar-refractivity contribution in [2.75, 3.05) is 47.5 Å². The Hall–Kier alpha value is -2.41. The van der Waals surface area contributed by atoms with E-state index in [1.165, 1.54) is 19.3 Å². The third-order valence-electron chi connectivity index (χ3n) is 9.62. The largest absolute Gasteiger partial charge is 0.472 e. The second-order valence-electron chi connectivity index (χ2n) is 16.0. The third-order valence-corrected chi connectivity index (χ3v) is 10.6. The minimum Gasteiger partial charge on any atom is -0.462 e. The van der Waals surface area contributed by atoms with Crippen molar-refractivity contribution in [3.63, 3.8) is 0 Å². The van der Waals surface area contributed by atoms with Gasteiger partial charge in [0.05, 0.1) is 52.5 Å². The van der Waals surface area contributed by atoms with E-state index in [9.17, 15) is 34.4 Å². The van der Waals surface area contributed by atoms with Gasteiger partial charge >= 0.3 is 19.8 Å². The number of phosphoric ester groups is 1.